The molecule has 30 heavy (non-hydrogen) atoms. The van der Waals surface area contributed by atoms with E-state index in [1.54, 1.807) is 36.4 Å². The predicted molar refractivity (Wildman–Crippen MR) is 112 cm³/mol. The van der Waals surface area contributed by atoms with E-state index in [1.807, 2.05) is 6.07 Å². The second-order valence-electron chi connectivity index (χ2n) is 6.41. The van der Waals surface area contributed by atoms with Crippen LogP contribution in [0.3, 0.4) is 0 Å². The Morgan fingerprint density at radius 2 is 1.70 bits per heavy atom. The van der Waals surface area contributed by atoms with Crippen molar-refractivity contribution < 1.29 is 23.5 Å². The maximum Gasteiger partial charge on any atom is 0.255 e. The van der Waals surface area contributed by atoms with Crippen LogP contribution in [0.2, 0.25) is 0 Å². The number of carbonyl (C=O) groups is 2. The van der Waals surface area contributed by atoms with Gasteiger partial charge in [-0.2, -0.15) is 0 Å². The highest BCUT2D eigenvalue weighted by Gasteiger charge is 2.13. The molecule has 0 aromatic heterocycles. The molecule has 0 saturated heterocycles. The van der Waals surface area contributed by atoms with E-state index in [9.17, 15) is 14.0 Å². The van der Waals surface area contributed by atoms with E-state index in [2.05, 4.69) is 10.6 Å². The molecule has 0 unspecified atom stereocenters. The second-order valence-corrected chi connectivity index (χ2v) is 6.41. The molecule has 0 fully saturated rings. The summed E-state index contributed by atoms with van der Waals surface area (Å²) in [4.78, 5) is 24.8. The summed E-state index contributed by atoms with van der Waals surface area (Å²) < 4.78 is 23.7. The fraction of sp³-hybridized carbons (Fsp3) is 0.130. The van der Waals surface area contributed by atoms with Crippen molar-refractivity contribution in [1.29, 1.82) is 0 Å². The molecule has 0 aliphatic rings. The number of benzene rings is 3. The van der Waals surface area contributed by atoms with Crippen molar-refractivity contribution in [2.75, 3.05) is 19.5 Å². The number of halogens is 1. The third-order valence-electron chi connectivity index (χ3n) is 4.38. The molecular weight excluding hydrogens is 387 g/mol. The number of nitrogens with one attached hydrogen (secondary N) is 2. The van der Waals surface area contributed by atoms with Gasteiger partial charge in [0.25, 0.3) is 11.8 Å². The first-order valence-electron chi connectivity index (χ1n) is 9.16. The van der Waals surface area contributed by atoms with Crippen molar-refractivity contribution in [3.63, 3.8) is 0 Å². The van der Waals surface area contributed by atoms with E-state index in [-0.39, 0.29) is 18.0 Å². The lowest BCUT2D eigenvalue weighted by molar-refractivity contribution is 0.0947. The molecule has 6 nitrogen and oxygen atoms in total. The van der Waals surface area contributed by atoms with E-state index in [0.717, 1.165) is 5.56 Å². The highest BCUT2D eigenvalue weighted by atomic mass is 19.1. The van der Waals surface area contributed by atoms with Gasteiger partial charge in [0.15, 0.2) is 0 Å². The average molecular weight is 408 g/mol. The molecule has 0 atom stereocenters. The highest BCUT2D eigenvalue weighted by Crippen LogP contribution is 2.24. The lowest BCUT2D eigenvalue weighted by Crippen LogP contribution is -2.23. The molecule has 0 aliphatic carbocycles. The quantitative estimate of drug-likeness (QED) is 0.619. The molecule has 0 radical (unpaired) electrons. The predicted octanol–water partition coefficient (Wildman–Crippen LogP) is 4.03. The number of methoxy groups -OCH3 is 2. The van der Waals surface area contributed by atoms with Gasteiger partial charge >= 0.3 is 0 Å². The zero-order valence-electron chi connectivity index (χ0n) is 16.6. The summed E-state index contributed by atoms with van der Waals surface area (Å²) in [5.74, 6) is -0.205. The van der Waals surface area contributed by atoms with Crippen molar-refractivity contribution in [3.8, 4) is 11.5 Å². The van der Waals surface area contributed by atoms with Gasteiger partial charge in [0.05, 0.1) is 19.8 Å². The molecule has 3 aromatic rings. The number of ether oxygens (including phenoxy) is 2. The van der Waals surface area contributed by atoms with Gasteiger partial charge in [0.1, 0.15) is 17.3 Å². The number of hydrogen-bond donors (Lipinski definition) is 2. The number of anilines is 1. The van der Waals surface area contributed by atoms with Crippen molar-refractivity contribution >= 4 is 17.5 Å². The van der Waals surface area contributed by atoms with Gasteiger partial charge in [0, 0.05) is 23.9 Å². The smallest absolute Gasteiger partial charge is 0.255 e. The Morgan fingerprint density at radius 1 is 0.900 bits per heavy atom. The first-order valence-corrected chi connectivity index (χ1v) is 9.16. The monoisotopic (exact) mass is 408 g/mol. The number of hydrogen-bond acceptors (Lipinski definition) is 4. The van der Waals surface area contributed by atoms with E-state index in [4.69, 9.17) is 9.47 Å². The zero-order valence-corrected chi connectivity index (χ0v) is 16.6. The zero-order chi connectivity index (χ0) is 21.5. The normalized spacial score (nSPS) is 10.2. The first-order chi connectivity index (χ1) is 14.5. The first kappa shape index (κ1) is 20.9. The standard InChI is InChI=1S/C23H21FN2O4/c1-29-19-9-10-20(21(13-19)30-2)23(28)25-14-15-5-3-8-18(11-15)26-22(27)16-6-4-7-17(24)12-16/h3-13H,14H2,1-2H3,(H,25,28)(H,26,27). The van der Waals surface area contributed by atoms with Crippen molar-refractivity contribution in [3.05, 3.63) is 89.2 Å². The van der Waals surface area contributed by atoms with Crippen LogP contribution in [0.15, 0.2) is 66.7 Å². The Balaban J connectivity index is 1.65. The average Bonchev–Trinajstić information content (AvgIpc) is 2.77. The lowest BCUT2D eigenvalue weighted by atomic mass is 10.1. The van der Waals surface area contributed by atoms with Gasteiger partial charge in [-0.1, -0.05) is 18.2 Å². The van der Waals surface area contributed by atoms with Crippen LogP contribution < -0.4 is 20.1 Å². The summed E-state index contributed by atoms with van der Waals surface area (Å²) in [6, 6.07) is 17.4. The number of amides is 2. The molecule has 0 heterocycles. The van der Waals surface area contributed by atoms with Crippen LogP contribution in [0.1, 0.15) is 26.3 Å². The Bertz CT molecular complexity index is 1070. The number of carbonyl (C=O) groups excluding carboxylic acids is 2. The topological polar surface area (TPSA) is 76.7 Å². The molecule has 3 rings (SSSR count). The molecule has 7 heteroatoms. The van der Waals surface area contributed by atoms with Crippen LogP contribution in [0.25, 0.3) is 0 Å². The highest BCUT2D eigenvalue weighted by molar-refractivity contribution is 6.04. The Kier molecular flexibility index (Phi) is 6.64. The second kappa shape index (κ2) is 9.56. The lowest BCUT2D eigenvalue weighted by Gasteiger charge is -2.12. The van der Waals surface area contributed by atoms with Gasteiger partial charge < -0.3 is 20.1 Å². The molecule has 2 N–H and O–H groups in total. The molecule has 0 aliphatic heterocycles. The minimum absolute atomic E-state index is 0.223. The van der Waals surface area contributed by atoms with Gasteiger partial charge in [-0.15, -0.1) is 0 Å². The molecule has 2 amide bonds. The van der Waals surface area contributed by atoms with Crippen molar-refractivity contribution in [2.45, 2.75) is 6.54 Å². The summed E-state index contributed by atoms with van der Waals surface area (Å²) in [6.45, 7) is 0.248. The van der Waals surface area contributed by atoms with E-state index in [0.29, 0.717) is 22.7 Å². The largest absolute Gasteiger partial charge is 0.497 e. The van der Waals surface area contributed by atoms with Crippen molar-refractivity contribution in [1.82, 2.24) is 5.32 Å². The molecule has 0 bridgehead atoms. The van der Waals surface area contributed by atoms with E-state index in [1.165, 1.54) is 38.5 Å². The van der Waals surface area contributed by atoms with Crippen LogP contribution >= 0.6 is 0 Å². The van der Waals surface area contributed by atoms with Crippen LogP contribution in [-0.4, -0.2) is 26.0 Å². The summed E-state index contributed by atoms with van der Waals surface area (Å²) in [7, 11) is 3.02. The Hall–Kier alpha value is -3.87. The molecule has 0 saturated carbocycles. The van der Waals surface area contributed by atoms with E-state index < -0.39 is 11.7 Å². The van der Waals surface area contributed by atoms with Crippen LogP contribution in [0.5, 0.6) is 11.5 Å². The Labute approximate surface area is 173 Å². The summed E-state index contributed by atoms with van der Waals surface area (Å²) in [6.07, 6.45) is 0. The molecule has 0 spiro atoms. The summed E-state index contributed by atoms with van der Waals surface area (Å²) in [5, 5.41) is 5.55. The SMILES string of the molecule is COc1ccc(C(=O)NCc2cccc(NC(=O)c3cccc(F)c3)c2)c(OC)c1. The van der Waals surface area contributed by atoms with Gasteiger partial charge in [-0.3, -0.25) is 9.59 Å². The van der Waals surface area contributed by atoms with Crippen LogP contribution in [-0.2, 0) is 6.54 Å². The fourth-order valence-corrected chi connectivity index (χ4v) is 2.86. The molecular formula is C23H21FN2O4. The number of rotatable bonds is 7. The third kappa shape index (κ3) is 5.14. The maximum atomic E-state index is 13.3. The fourth-order valence-electron chi connectivity index (χ4n) is 2.86. The minimum atomic E-state index is -0.479. The van der Waals surface area contributed by atoms with Crippen LogP contribution in [0, 0.1) is 5.82 Å². The summed E-state index contributed by atoms with van der Waals surface area (Å²) >= 11 is 0. The van der Waals surface area contributed by atoms with Crippen molar-refractivity contribution in [2.24, 2.45) is 0 Å². The maximum absolute atomic E-state index is 13.3. The van der Waals surface area contributed by atoms with Gasteiger partial charge in [-0.25, -0.2) is 4.39 Å². The Morgan fingerprint density at radius 3 is 2.43 bits per heavy atom. The summed E-state index contributed by atoms with van der Waals surface area (Å²) in [5.41, 5.74) is 1.93. The minimum Gasteiger partial charge on any atom is -0.497 e. The van der Waals surface area contributed by atoms with Gasteiger partial charge in [-0.05, 0) is 48.0 Å². The van der Waals surface area contributed by atoms with Crippen LogP contribution in [0.4, 0.5) is 10.1 Å². The molecule has 3 aromatic carbocycles. The van der Waals surface area contributed by atoms with E-state index >= 15 is 0 Å². The third-order valence-corrected chi connectivity index (χ3v) is 4.38. The molecule has 154 valence electrons. The van der Waals surface area contributed by atoms with Gasteiger partial charge in [0.2, 0.25) is 0 Å².